The van der Waals surface area contributed by atoms with E-state index in [0.29, 0.717) is 12.5 Å². The number of rotatable bonds is 3. The number of hydrogen-bond donors (Lipinski definition) is 0. The molecule has 0 bridgehead atoms. The molecule has 0 aromatic carbocycles. The summed E-state index contributed by atoms with van der Waals surface area (Å²) < 4.78 is 0. The van der Waals surface area contributed by atoms with Crippen LogP contribution in [0.25, 0.3) is 0 Å². The molecule has 4 nitrogen and oxygen atoms in total. The number of amides is 1. The van der Waals surface area contributed by atoms with E-state index in [1.54, 1.807) is 11.9 Å². The van der Waals surface area contributed by atoms with Crippen molar-refractivity contribution in [1.29, 1.82) is 0 Å². The van der Waals surface area contributed by atoms with Crippen molar-refractivity contribution in [2.45, 2.75) is 13.8 Å². The lowest BCUT2D eigenvalue weighted by molar-refractivity contribution is 0.0778. The van der Waals surface area contributed by atoms with E-state index >= 15 is 0 Å². The highest BCUT2D eigenvalue weighted by atomic mass is 35.5. The Labute approximate surface area is 105 Å². The quantitative estimate of drug-likeness (QED) is 0.840. The molecule has 1 amide bonds. The van der Waals surface area contributed by atoms with E-state index in [9.17, 15) is 4.79 Å². The van der Waals surface area contributed by atoms with E-state index in [-0.39, 0.29) is 21.8 Å². The van der Waals surface area contributed by atoms with Crippen LogP contribution in [-0.2, 0) is 0 Å². The molecule has 1 aromatic rings. The van der Waals surface area contributed by atoms with E-state index in [1.165, 1.54) is 6.07 Å². The molecule has 0 unspecified atom stereocenters. The molecule has 0 fully saturated rings. The summed E-state index contributed by atoms with van der Waals surface area (Å²) in [5, 5.41) is 7.38. The van der Waals surface area contributed by atoms with Crippen molar-refractivity contribution < 1.29 is 4.79 Å². The Kier molecular flexibility index (Phi) is 4.50. The summed E-state index contributed by atoms with van der Waals surface area (Å²) in [6.45, 7) is 4.71. The van der Waals surface area contributed by atoms with E-state index in [1.807, 2.05) is 13.8 Å². The predicted molar refractivity (Wildman–Crippen MR) is 63.9 cm³/mol. The topological polar surface area (TPSA) is 46.1 Å². The molecule has 1 aromatic heterocycles. The number of nitrogens with zero attached hydrogens (tertiary/aromatic N) is 3. The fourth-order valence-corrected chi connectivity index (χ4v) is 1.66. The van der Waals surface area contributed by atoms with Gasteiger partial charge in [-0.2, -0.15) is 0 Å². The van der Waals surface area contributed by atoms with Crippen LogP contribution in [0, 0.1) is 5.92 Å². The lowest BCUT2D eigenvalue weighted by atomic mass is 10.2. The summed E-state index contributed by atoms with van der Waals surface area (Å²) in [6, 6.07) is 1.43. The molecule has 16 heavy (non-hydrogen) atoms. The molecular formula is C10H13Cl2N3O. The van der Waals surface area contributed by atoms with Gasteiger partial charge in [0.25, 0.3) is 5.91 Å². The molecule has 0 N–H and O–H groups in total. The Balaban J connectivity index is 2.91. The van der Waals surface area contributed by atoms with Gasteiger partial charge in [0.1, 0.15) is 0 Å². The monoisotopic (exact) mass is 261 g/mol. The van der Waals surface area contributed by atoms with Gasteiger partial charge in [0.15, 0.2) is 10.3 Å². The van der Waals surface area contributed by atoms with Crippen LogP contribution in [0.4, 0.5) is 0 Å². The van der Waals surface area contributed by atoms with Crippen molar-refractivity contribution in [2.24, 2.45) is 5.92 Å². The number of aromatic nitrogens is 2. The van der Waals surface area contributed by atoms with Gasteiger partial charge in [-0.15, -0.1) is 10.2 Å². The molecule has 0 saturated carbocycles. The molecule has 0 radical (unpaired) electrons. The third-order valence-corrected chi connectivity index (χ3v) is 2.40. The second kappa shape index (κ2) is 5.46. The molecule has 0 atom stereocenters. The normalized spacial score (nSPS) is 10.6. The number of halogens is 2. The molecule has 6 heteroatoms. The maximum absolute atomic E-state index is 12.0. The smallest absolute Gasteiger partial charge is 0.256 e. The predicted octanol–water partition coefficient (Wildman–Crippen LogP) is 2.51. The van der Waals surface area contributed by atoms with Crippen LogP contribution in [-0.4, -0.2) is 34.6 Å². The zero-order valence-corrected chi connectivity index (χ0v) is 10.9. The maximum atomic E-state index is 12.0. The van der Waals surface area contributed by atoms with Gasteiger partial charge in [-0.05, 0) is 12.0 Å². The summed E-state index contributed by atoms with van der Waals surface area (Å²) in [5.74, 6) is 0.188. The molecular weight excluding hydrogens is 249 g/mol. The van der Waals surface area contributed by atoms with Gasteiger partial charge < -0.3 is 4.90 Å². The number of carbonyl (C=O) groups is 1. The first-order valence-electron chi connectivity index (χ1n) is 4.86. The Morgan fingerprint density at radius 2 is 2.06 bits per heavy atom. The van der Waals surface area contributed by atoms with Crippen LogP contribution in [0.15, 0.2) is 6.07 Å². The SMILES string of the molecule is CC(C)CN(C)C(=O)c1cc(Cl)nnc1Cl. The van der Waals surface area contributed by atoms with Gasteiger partial charge in [-0.3, -0.25) is 4.79 Å². The van der Waals surface area contributed by atoms with Crippen molar-refractivity contribution in [3.05, 3.63) is 21.9 Å². The molecule has 0 aliphatic carbocycles. The van der Waals surface area contributed by atoms with E-state index < -0.39 is 0 Å². The average molecular weight is 262 g/mol. The standard InChI is InChI=1S/C10H13Cl2N3O/c1-6(2)5-15(3)10(16)7-4-8(11)13-14-9(7)12/h4,6H,5H2,1-3H3. The first kappa shape index (κ1) is 13.2. The van der Waals surface area contributed by atoms with Gasteiger partial charge in [0, 0.05) is 13.6 Å². The van der Waals surface area contributed by atoms with Gasteiger partial charge in [0.05, 0.1) is 5.56 Å². The minimum Gasteiger partial charge on any atom is -0.341 e. The summed E-state index contributed by atoms with van der Waals surface area (Å²) in [7, 11) is 1.72. The van der Waals surface area contributed by atoms with Crippen LogP contribution in [0.5, 0.6) is 0 Å². The highest BCUT2D eigenvalue weighted by molar-refractivity contribution is 6.34. The van der Waals surface area contributed by atoms with Crippen molar-refractivity contribution >= 4 is 29.1 Å². The largest absolute Gasteiger partial charge is 0.341 e. The van der Waals surface area contributed by atoms with Crippen molar-refractivity contribution in [3.63, 3.8) is 0 Å². The zero-order chi connectivity index (χ0) is 12.3. The minimum atomic E-state index is -0.199. The third-order valence-electron chi connectivity index (χ3n) is 1.94. The Morgan fingerprint density at radius 1 is 1.44 bits per heavy atom. The second-order valence-corrected chi connectivity index (χ2v) is 4.70. The average Bonchev–Trinajstić information content (AvgIpc) is 2.19. The third kappa shape index (κ3) is 3.32. The highest BCUT2D eigenvalue weighted by Gasteiger charge is 2.17. The van der Waals surface area contributed by atoms with Crippen molar-refractivity contribution in [1.82, 2.24) is 15.1 Å². The fourth-order valence-electron chi connectivity index (χ4n) is 1.34. The summed E-state index contributed by atoms with van der Waals surface area (Å²) in [5.41, 5.74) is 0.282. The van der Waals surface area contributed by atoms with Gasteiger partial charge in [-0.1, -0.05) is 37.0 Å². The van der Waals surface area contributed by atoms with Crippen LogP contribution < -0.4 is 0 Å². The zero-order valence-electron chi connectivity index (χ0n) is 9.37. The molecule has 1 heterocycles. The molecule has 88 valence electrons. The lowest BCUT2D eigenvalue weighted by Gasteiger charge is -2.19. The van der Waals surface area contributed by atoms with E-state index in [4.69, 9.17) is 23.2 Å². The van der Waals surface area contributed by atoms with Crippen LogP contribution in [0.3, 0.4) is 0 Å². The number of hydrogen-bond acceptors (Lipinski definition) is 3. The summed E-state index contributed by atoms with van der Waals surface area (Å²) in [4.78, 5) is 13.6. The minimum absolute atomic E-state index is 0.0741. The van der Waals surface area contributed by atoms with Crippen LogP contribution in [0.2, 0.25) is 10.3 Å². The second-order valence-electron chi connectivity index (χ2n) is 3.95. The Bertz CT molecular complexity index is 396. The Hall–Kier alpha value is -0.870. The molecule has 0 aliphatic rings. The summed E-state index contributed by atoms with van der Waals surface area (Å²) in [6.07, 6.45) is 0. The van der Waals surface area contributed by atoms with Crippen LogP contribution in [0.1, 0.15) is 24.2 Å². The van der Waals surface area contributed by atoms with Crippen molar-refractivity contribution in [2.75, 3.05) is 13.6 Å². The first-order chi connectivity index (χ1) is 7.41. The molecule has 0 spiro atoms. The van der Waals surface area contributed by atoms with Crippen LogP contribution >= 0.6 is 23.2 Å². The van der Waals surface area contributed by atoms with Gasteiger partial charge in [0.2, 0.25) is 0 Å². The first-order valence-corrected chi connectivity index (χ1v) is 5.61. The lowest BCUT2D eigenvalue weighted by Crippen LogP contribution is -2.30. The number of carbonyl (C=O) groups excluding carboxylic acids is 1. The van der Waals surface area contributed by atoms with E-state index in [2.05, 4.69) is 10.2 Å². The van der Waals surface area contributed by atoms with Gasteiger partial charge >= 0.3 is 0 Å². The Morgan fingerprint density at radius 3 is 2.62 bits per heavy atom. The molecule has 0 saturated heterocycles. The summed E-state index contributed by atoms with van der Waals surface area (Å²) >= 11 is 11.5. The molecule has 1 rings (SSSR count). The van der Waals surface area contributed by atoms with Gasteiger partial charge in [-0.25, -0.2) is 0 Å². The van der Waals surface area contributed by atoms with E-state index in [0.717, 1.165) is 0 Å². The highest BCUT2D eigenvalue weighted by Crippen LogP contribution is 2.17. The molecule has 0 aliphatic heterocycles. The maximum Gasteiger partial charge on any atom is 0.256 e. The van der Waals surface area contributed by atoms with Crippen molar-refractivity contribution in [3.8, 4) is 0 Å². The fraction of sp³-hybridized carbons (Fsp3) is 0.500.